The van der Waals surface area contributed by atoms with E-state index in [-0.39, 0.29) is 22.0 Å². The van der Waals surface area contributed by atoms with Gasteiger partial charge in [-0.3, -0.25) is 4.79 Å². The smallest absolute Gasteiger partial charge is 0.404 e. The molecule has 148 valence electrons. The van der Waals surface area contributed by atoms with Crippen LogP contribution in [0.3, 0.4) is 0 Å². The lowest BCUT2D eigenvalue weighted by Gasteiger charge is -2.40. The van der Waals surface area contributed by atoms with E-state index in [1.807, 2.05) is 11.8 Å². The third kappa shape index (κ3) is 4.54. The number of carbonyl (C=O) groups is 2. The summed E-state index contributed by atoms with van der Waals surface area (Å²) in [6.07, 6.45) is 1.79. The molecule has 2 N–H and O–H groups in total. The summed E-state index contributed by atoms with van der Waals surface area (Å²) < 4.78 is 0. The number of nitrogens with one attached hydrogen (secondary N) is 1. The first-order chi connectivity index (χ1) is 13.3. The quantitative estimate of drug-likeness (QED) is 0.709. The minimum absolute atomic E-state index is 0.159. The van der Waals surface area contributed by atoms with Crippen LogP contribution < -0.4 is 10.2 Å². The summed E-state index contributed by atoms with van der Waals surface area (Å²) in [5.74, 6) is 0.108. The molecule has 0 saturated carbocycles. The fraction of sp³-hybridized carbons (Fsp3) is 0.368. The molecule has 0 aliphatic carbocycles. The molecule has 1 amide bonds. The van der Waals surface area contributed by atoms with E-state index in [0.717, 1.165) is 12.8 Å². The minimum atomic E-state index is -1.03. The molecule has 1 saturated heterocycles. The van der Waals surface area contributed by atoms with Gasteiger partial charge in [0, 0.05) is 25.2 Å². The van der Waals surface area contributed by atoms with Crippen molar-refractivity contribution in [1.29, 1.82) is 0 Å². The summed E-state index contributed by atoms with van der Waals surface area (Å²) in [6.45, 7) is 3.63. The number of piperidine rings is 1. The molecule has 1 aromatic heterocycles. The standard InChI is InChI=1S/C19H20Cl2N4O3/c1-19(11-23-18(27)28)6-8-25(9-7-19)17-15(22-10-14(21)24-17)16(26)12-4-2-3-5-13(12)20/h2-5,10,23H,6-9,11H2,1H3,(H,27,28). The zero-order chi connectivity index (χ0) is 20.3. The highest BCUT2D eigenvalue weighted by Crippen LogP contribution is 2.34. The Morgan fingerprint density at radius 2 is 1.93 bits per heavy atom. The van der Waals surface area contributed by atoms with Crippen molar-refractivity contribution in [3.63, 3.8) is 0 Å². The molecule has 3 rings (SSSR count). The van der Waals surface area contributed by atoms with Gasteiger partial charge >= 0.3 is 6.09 Å². The highest BCUT2D eigenvalue weighted by Gasteiger charge is 2.33. The minimum Gasteiger partial charge on any atom is -0.465 e. The van der Waals surface area contributed by atoms with Crippen LogP contribution in [0, 0.1) is 5.41 Å². The van der Waals surface area contributed by atoms with E-state index >= 15 is 0 Å². The van der Waals surface area contributed by atoms with Gasteiger partial charge in [0.2, 0.25) is 5.78 Å². The number of hydrogen-bond donors (Lipinski definition) is 2. The molecule has 7 nitrogen and oxygen atoms in total. The van der Waals surface area contributed by atoms with Gasteiger partial charge in [-0.25, -0.2) is 14.8 Å². The molecule has 1 aliphatic heterocycles. The molecule has 0 bridgehead atoms. The van der Waals surface area contributed by atoms with Crippen LogP contribution in [0.4, 0.5) is 10.6 Å². The van der Waals surface area contributed by atoms with E-state index in [0.29, 0.717) is 36.0 Å². The third-order valence-electron chi connectivity index (χ3n) is 4.99. The first-order valence-corrected chi connectivity index (χ1v) is 9.58. The van der Waals surface area contributed by atoms with Crippen molar-refractivity contribution in [2.24, 2.45) is 5.41 Å². The summed E-state index contributed by atoms with van der Waals surface area (Å²) >= 11 is 12.2. The molecule has 1 fully saturated rings. The first kappa shape index (κ1) is 20.4. The fourth-order valence-corrected chi connectivity index (χ4v) is 3.59. The number of hydrogen-bond acceptors (Lipinski definition) is 5. The van der Waals surface area contributed by atoms with Crippen molar-refractivity contribution in [2.75, 3.05) is 24.5 Å². The third-order valence-corrected chi connectivity index (χ3v) is 5.51. The molecule has 0 atom stereocenters. The van der Waals surface area contributed by atoms with Gasteiger partial charge in [0.05, 0.1) is 11.2 Å². The lowest BCUT2D eigenvalue weighted by Crippen LogP contribution is -2.45. The van der Waals surface area contributed by atoms with Gasteiger partial charge in [-0.1, -0.05) is 42.3 Å². The Balaban J connectivity index is 1.84. The molecule has 0 spiro atoms. The van der Waals surface area contributed by atoms with E-state index in [4.69, 9.17) is 28.3 Å². The van der Waals surface area contributed by atoms with Gasteiger partial charge in [-0.15, -0.1) is 0 Å². The maximum atomic E-state index is 13.0. The molecule has 1 aliphatic rings. The van der Waals surface area contributed by atoms with Crippen LogP contribution in [-0.4, -0.2) is 46.6 Å². The lowest BCUT2D eigenvalue weighted by molar-refractivity contribution is 0.103. The van der Waals surface area contributed by atoms with Gasteiger partial charge in [0.15, 0.2) is 11.5 Å². The Kier molecular flexibility index (Phi) is 6.05. The second kappa shape index (κ2) is 8.32. The zero-order valence-corrected chi connectivity index (χ0v) is 16.8. The van der Waals surface area contributed by atoms with E-state index in [1.54, 1.807) is 24.3 Å². The van der Waals surface area contributed by atoms with Crippen LogP contribution in [0.15, 0.2) is 30.5 Å². The van der Waals surface area contributed by atoms with E-state index in [2.05, 4.69) is 15.3 Å². The van der Waals surface area contributed by atoms with Crippen LogP contribution in [0.1, 0.15) is 35.8 Å². The van der Waals surface area contributed by atoms with Crippen molar-refractivity contribution in [3.8, 4) is 0 Å². The summed E-state index contributed by atoms with van der Waals surface area (Å²) in [5.41, 5.74) is 0.396. The number of rotatable bonds is 5. The normalized spacial score (nSPS) is 15.9. The predicted octanol–water partition coefficient (Wildman–Crippen LogP) is 3.89. The molecule has 0 unspecified atom stereocenters. The largest absolute Gasteiger partial charge is 0.465 e. The van der Waals surface area contributed by atoms with Crippen LogP contribution >= 0.6 is 23.2 Å². The number of halogens is 2. The predicted molar refractivity (Wildman–Crippen MR) is 108 cm³/mol. The average molecular weight is 423 g/mol. The summed E-state index contributed by atoms with van der Waals surface area (Å²) in [7, 11) is 0. The highest BCUT2D eigenvalue weighted by molar-refractivity contribution is 6.35. The number of amides is 1. The molecule has 2 aromatic rings. The van der Waals surface area contributed by atoms with E-state index in [1.165, 1.54) is 6.20 Å². The molecule has 28 heavy (non-hydrogen) atoms. The Bertz CT molecular complexity index is 898. The fourth-order valence-electron chi connectivity index (χ4n) is 3.24. The molecule has 9 heteroatoms. The monoisotopic (exact) mass is 422 g/mol. The van der Waals surface area contributed by atoms with E-state index in [9.17, 15) is 9.59 Å². The van der Waals surface area contributed by atoms with Gasteiger partial charge in [0.1, 0.15) is 5.15 Å². The van der Waals surface area contributed by atoms with Gasteiger partial charge < -0.3 is 15.3 Å². The summed E-state index contributed by atoms with van der Waals surface area (Å²) in [4.78, 5) is 34.3. The second-order valence-corrected chi connectivity index (χ2v) is 7.92. The van der Waals surface area contributed by atoms with Crippen molar-refractivity contribution in [1.82, 2.24) is 15.3 Å². The van der Waals surface area contributed by atoms with Crippen molar-refractivity contribution in [3.05, 3.63) is 51.9 Å². The maximum absolute atomic E-state index is 13.0. The maximum Gasteiger partial charge on any atom is 0.404 e. The second-order valence-electron chi connectivity index (χ2n) is 7.13. The molecule has 2 heterocycles. The Labute approximate surface area is 172 Å². The Hall–Kier alpha value is -2.38. The van der Waals surface area contributed by atoms with Crippen molar-refractivity contribution in [2.45, 2.75) is 19.8 Å². The Morgan fingerprint density at radius 1 is 1.25 bits per heavy atom. The number of carboxylic acid groups (broad SMARTS) is 1. The molecular weight excluding hydrogens is 403 g/mol. The van der Waals surface area contributed by atoms with Gasteiger partial charge in [-0.05, 0) is 30.4 Å². The van der Waals surface area contributed by atoms with Crippen molar-refractivity contribution < 1.29 is 14.7 Å². The summed E-state index contributed by atoms with van der Waals surface area (Å²) in [6, 6.07) is 6.79. The number of benzene rings is 1. The van der Waals surface area contributed by atoms with Crippen LogP contribution in [0.2, 0.25) is 10.2 Å². The molecular formula is C19H20Cl2N4O3. The SMILES string of the molecule is CC1(CNC(=O)O)CCN(c2nc(Cl)cnc2C(=O)c2ccccc2Cl)CC1. The molecule has 0 radical (unpaired) electrons. The number of carbonyl (C=O) groups excluding carboxylic acids is 1. The number of nitrogens with zero attached hydrogens (tertiary/aromatic N) is 3. The highest BCUT2D eigenvalue weighted by atomic mass is 35.5. The zero-order valence-electron chi connectivity index (χ0n) is 15.3. The van der Waals surface area contributed by atoms with Gasteiger partial charge in [0.25, 0.3) is 0 Å². The first-order valence-electron chi connectivity index (χ1n) is 8.83. The number of anilines is 1. The van der Waals surface area contributed by atoms with Crippen LogP contribution in [-0.2, 0) is 0 Å². The van der Waals surface area contributed by atoms with Gasteiger partial charge in [-0.2, -0.15) is 0 Å². The Morgan fingerprint density at radius 3 is 2.57 bits per heavy atom. The van der Waals surface area contributed by atoms with Crippen LogP contribution in [0.25, 0.3) is 0 Å². The number of ketones is 1. The lowest BCUT2D eigenvalue weighted by atomic mass is 9.80. The molecule has 1 aromatic carbocycles. The van der Waals surface area contributed by atoms with Crippen molar-refractivity contribution >= 4 is 40.9 Å². The average Bonchev–Trinajstić information content (AvgIpc) is 2.67. The van der Waals surface area contributed by atoms with Crippen LogP contribution in [0.5, 0.6) is 0 Å². The summed E-state index contributed by atoms with van der Waals surface area (Å²) in [5, 5.41) is 11.9. The topological polar surface area (TPSA) is 95.4 Å². The number of aromatic nitrogens is 2. The van der Waals surface area contributed by atoms with E-state index < -0.39 is 6.09 Å².